The Balaban J connectivity index is 2.09. The molecule has 2 atom stereocenters. The minimum Gasteiger partial charge on any atom is -0.453 e. The molecule has 0 saturated heterocycles. The predicted octanol–water partition coefficient (Wildman–Crippen LogP) is 1.66. The van der Waals surface area contributed by atoms with Crippen LogP contribution in [0.15, 0.2) is 36.3 Å². The van der Waals surface area contributed by atoms with Crippen molar-refractivity contribution in [3.63, 3.8) is 0 Å². The van der Waals surface area contributed by atoms with E-state index in [1.165, 1.54) is 13.2 Å². The van der Waals surface area contributed by atoms with Crippen LogP contribution in [0, 0.1) is 23.7 Å². The predicted molar refractivity (Wildman–Crippen MR) is 68.0 cm³/mol. The Labute approximate surface area is 111 Å². The summed E-state index contributed by atoms with van der Waals surface area (Å²) in [4.78, 5) is 11.0. The highest BCUT2D eigenvalue weighted by atomic mass is 16.7. The third kappa shape index (κ3) is 2.81. The zero-order valence-electron chi connectivity index (χ0n) is 10.6. The van der Waals surface area contributed by atoms with Crippen LogP contribution in [0.25, 0.3) is 0 Å². The fourth-order valence-corrected chi connectivity index (χ4v) is 1.67. The summed E-state index contributed by atoms with van der Waals surface area (Å²) in [6.45, 7) is 3.05. The van der Waals surface area contributed by atoms with Gasteiger partial charge in [-0.15, -0.1) is 0 Å². The molecular formula is C15H12O4. The molecule has 0 bridgehead atoms. The summed E-state index contributed by atoms with van der Waals surface area (Å²) in [5.74, 6) is 9.71. The second-order valence-corrected chi connectivity index (χ2v) is 3.82. The van der Waals surface area contributed by atoms with Crippen molar-refractivity contribution in [3.8, 4) is 23.7 Å². The number of hydrogen-bond acceptors (Lipinski definition) is 4. The fourth-order valence-electron chi connectivity index (χ4n) is 1.67. The smallest absolute Gasteiger partial charge is 0.312 e. The highest BCUT2D eigenvalue weighted by molar-refractivity contribution is 5.66. The molecule has 0 aromatic carbocycles. The highest BCUT2D eigenvalue weighted by Crippen LogP contribution is 2.36. The highest BCUT2D eigenvalue weighted by Gasteiger charge is 2.48. The SMILES string of the molecule is CC#CC#C/C=C1/C=C[C@]2(OC=CC2OC(C)=O)O1. The van der Waals surface area contributed by atoms with Crippen molar-refractivity contribution in [2.45, 2.75) is 25.7 Å². The Kier molecular flexibility index (Phi) is 3.63. The lowest BCUT2D eigenvalue weighted by Crippen LogP contribution is -2.40. The molecule has 0 aromatic heterocycles. The van der Waals surface area contributed by atoms with E-state index >= 15 is 0 Å². The van der Waals surface area contributed by atoms with E-state index in [9.17, 15) is 4.79 Å². The molecule has 2 aliphatic heterocycles. The van der Waals surface area contributed by atoms with Gasteiger partial charge in [0.2, 0.25) is 6.10 Å². The third-order valence-corrected chi connectivity index (χ3v) is 2.43. The first-order valence-electron chi connectivity index (χ1n) is 5.69. The van der Waals surface area contributed by atoms with Crippen LogP contribution in [0.4, 0.5) is 0 Å². The maximum atomic E-state index is 11.0. The molecule has 0 N–H and O–H groups in total. The van der Waals surface area contributed by atoms with Gasteiger partial charge in [-0.25, -0.2) is 0 Å². The van der Waals surface area contributed by atoms with Crippen molar-refractivity contribution in [1.29, 1.82) is 0 Å². The van der Waals surface area contributed by atoms with Gasteiger partial charge in [0.15, 0.2) is 0 Å². The summed E-state index contributed by atoms with van der Waals surface area (Å²) < 4.78 is 16.2. The minimum atomic E-state index is -1.10. The molecule has 0 amide bonds. The van der Waals surface area contributed by atoms with Crippen LogP contribution in [0.5, 0.6) is 0 Å². The van der Waals surface area contributed by atoms with Crippen LogP contribution in [0.2, 0.25) is 0 Å². The summed E-state index contributed by atoms with van der Waals surface area (Å²) in [5.41, 5.74) is 0. The molecule has 96 valence electrons. The van der Waals surface area contributed by atoms with E-state index in [4.69, 9.17) is 14.2 Å². The summed E-state index contributed by atoms with van der Waals surface area (Å²) in [5, 5.41) is 0. The number of esters is 1. The van der Waals surface area contributed by atoms with Crippen molar-refractivity contribution >= 4 is 5.97 Å². The third-order valence-electron chi connectivity index (χ3n) is 2.43. The summed E-state index contributed by atoms with van der Waals surface area (Å²) >= 11 is 0. The van der Waals surface area contributed by atoms with Crippen LogP contribution < -0.4 is 0 Å². The maximum absolute atomic E-state index is 11.0. The Bertz CT molecular complexity index is 589. The summed E-state index contributed by atoms with van der Waals surface area (Å²) in [6.07, 6.45) is 7.48. The van der Waals surface area contributed by atoms with E-state index < -0.39 is 17.9 Å². The van der Waals surface area contributed by atoms with Gasteiger partial charge in [-0.3, -0.25) is 4.79 Å². The molecule has 4 heteroatoms. The average molecular weight is 256 g/mol. The Hall–Kier alpha value is -2.59. The average Bonchev–Trinajstić information content (AvgIpc) is 2.94. The van der Waals surface area contributed by atoms with Gasteiger partial charge < -0.3 is 14.2 Å². The molecule has 2 aliphatic rings. The van der Waals surface area contributed by atoms with Gasteiger partial charge in [0.25, 0.3) is 0 Å². The van der Waals surface area contributed by atoms with E-state index in [1.54, 1.807) is 31.2 Å². The lowest BCUT2D eigenvalue weighted by atomic mass is 10.1. The molecular weight excluding hydrogens is 244 g/mol. The Morgan fingerprint density at radius 2 is 2.37 bits per heavy atom. The molecule has 0 aromatic rings. The minimum absolute atomic E-state index is 0.396. The number of hydrogen-bond donors (Lipinski definition) is 0. The molecule has 19 heavy (non-hydrogen) atoms. The van der Waals surface area contributed by atoms with Crippen LogP contribution in [0.3, 0.4) is 0 Å². The van der Waals surface area contributed by atoms with Crippen molar-refractivity contribution in [2.24, 2.45) is 0 Å². The molecule has 1 spiro atoms. The van der Waals surface area contributed by atoms with Crippen LogP contribution in [0.1, 0.15) is 13.8 Å². The molecule has 0 fully saturated rings. The normalized spacial score (nSPS) is 28.1. The van der Waals surface area contributed by atoms with E-state index in [0.717, 1.165) is 0 Å². The Morgan fingerprint density at radius 1 is 1.53 bits per heavy atom. The van der Waals surface area contributed by atoms with Gasteiger partial charge in [0.1, 0.15) is 5.76 Å². The van der Waals surface area contributed by atoms with Crippen molar-refractivity contribution in [2.75, 3.05) is 0 Å². The van der Waals surface area contributed by atoms with Crippen molar-refractivity contribution in [3.05, 3.63) is 36.3 Å². The second-order valence-electron chi connectivity index (χ2n) is 3.82. The second kappa shape index (κ2) is 5.37. The van der Waals surface area contributed by atoms with E-state index in [-0.39, 0.29) is 0 Å². The largest absolute Gasteiger partial charge is 0.453 e. The van der Waals surface area contributed by atoms with Gasteiger partial charge in [0, 0.05) is 19.1 Å². The molecule has 4 nitrogen and oxygen atoms in total. The zero-order chi connectivity index (χ0) is 13.7. The molecule has 1 unspecified atom stereocenters. The first kappa shape index (κ1) is 12.9. The molecule has 2 rings (SSSR count). The molecule has 0 radical (unpaired) electrons. The van der Waals surface area contributed by atoms with Crippen molar-refractivity contribution < 1.29 is 19.0 Å². The first-order valence-corrected chi connectivity index (χ1v) is 5.69. The number of rotatable bonds is 1. The maximum Gasteiger partial charge on any atom is 0.312 e. The van der Waals surface area contributed by atoms with Crippen molar-refractivity contribution in [1.82, 2.24) is 0 Å². The van der Waals surface area contributed by atoms with Gasteiger partial charge in [-0.2, -0.15) is 0 Å². The topological polar surface area (TPSA) is 44.8 Å². The zero-order valence-corrected chi connectivity index (χ0v) is 10.6. The van der Waals surface area contributed by atoms with Crippen LogP contribution >= 0.6 is 0 Å². The van der Waals surface area contributed by atoms with Crippen LogP contribution in [-0.2, 0) is 19.0 Å². The number of carbonyl (C=O) groups is 1. The fraction of sp³-hybridized carbons (Fsp3) is 0.267. The summed E-state index contributed by atoms with van der Waals surface area (Å²) in [6, 6.07) is 0. The number of allylic oxidation sites excluding steroid dienone is 2. The van der Waals surface area contributed by atoms with Gasteiger partial charge in [-0.05, 0) is 30.9 Å². The first-order chi connectivity index (χ1) is 9.16. The van der Waals surface area contributed by atoms with Gasteiger partial charge in [0.05, 0.1) is 6.26 Å². The number of ether oxygens (including phenoxy) is 3. The number of carbonyl (C=O) groups excluding carboxylic acids is 1. The van der Waals surface area contributed by atoms with E-state index in [2.05, 4.69) is 23.7 Å². The van der Waals surface area contributed by atoms with E-state index in [0.29, 0.717) is 5.76 Å². The monoisotopic (exact) mass is 256 g/mol. The standard InChI is InChI=1S/C15H12O4/c1-3-4-5-6-7-13-8-10-15(19-13)14(9-11-17-15)18-12(2)16/h7-11,14H,1-2H3/b13-7-/t14?,15-/m0/s1. The lowest BCUT2D eigenvalue weighted by Gasteiger charge is -2.27. The van der Waals surface area contributed by atoms with E-state index in [1.807, 2.05) is 0 Å². The van der Waals surface area contributed by atoms with Crippen LogP contribution in [-0.4, -0.2) is 17.9 Å². The molecule has 0 saturated carbocycles. The van der Waals surface area contributed by atoms with Gasteiger partial charge in [-0.1, -0.05) is 11.8 Å². The van der Waals surface area contributed by atoms with Gasteiger partial charge >= 0.3 is 11.8 Å². The lowest BCUT2D eigenvalue weighted by molar-refractivity contribution is -0.189. The molecule has 0 aliphatic carbocycles. The summed E-state index contributed by atoms with van der Waals surface area (Å²) in [7, 11) is 0. The molecule has 2 heterocycles. The Morgan fingerprint density at radius 3 is 3.11 bits per heavy atom. The quantitative estimate of drug-likeness (QED) is 0.528.